The molecule has 0 aliphatic carbocycles. The molecule has 0 saturated heterocycles. The Morgan fingerprint density at radius 2 is 2.00 bits per heavy atom. The second kappa shape index (κ2) is 7.92. The molecule has 0 spiro atoms. The van der Waals surface area contributed by atoms with Gasteiger partial charge in [-0.3, -0.25) is 4.79 Å². The van der Waals surface area contributed by atoms with E-state index in [0.717, 1.165) is 12.0 Å². The molecule has 4 nitrogen and oxygen atoms in total. The first-order chi connectivity index (χ1) is 9.06. The monoisotopic (exact) mass is 264 g/mol. The molecule has 0 aliphatic heterocycles. The van der Waals surface area contributed by atoms with Crippen molar-refractivity contribution in [2.45, 2.75) is 26.9 Å². The zero-order valence-corrected chi connectivity index (χ0v) is 11.8. The van der Waals surface area contributed by atoms with Crippen LogP contribution in [0, 0.1) is 5.41 Å². The highest BCUT2D eigenvalue weighted by atomic mass is 16.5. The Morgan fingerprint density at radius 1 is 1.32 bits per heavy atom. The third-order valence-corrected chi connectivity index (χ3v) is 2.99. The number of carbonyl (C=O) groups is 1. The molecule has 0 atom stereocenters. The van der Waals surface area contributed by atoms with Crippen molar-refractivity contribution in [3.63, 3.8) is 0 Å². The molecule has 3 N–H and O–H groups in total. The lowest BCUT2D eigenvalue weighted by Crippen LogP contribution is -2.42. The molecule has 19 heavy (non-hydrogen) atoms. The first kappa shape index (κ1) is 15.7. The lowest BCUT2D eigenvalue weighted by molar-refractivity contribution is -0.128. The van der Waals surface area contributed by atoms with Crippen molar-refractivity contribution in [3.8, 4) is 0 Å². The molecule has 0 saturated carbocycles. The maximum absolute atomic E-state index is 11.7. The maximum atomic E-state index is 11.7. The van der Waals surface area contributed by atoms with E-state index in [1.165, 1.54) is 0 Å². The summed E-state index contributed by atoms with van der Waals surface area (Å²) in [4.78, 5) is 11.7. The summed E-state index contributed by atoms with van der Waals surface area (Å²) in [7, 11) is 0. The van der Waals surface area contributed by atoms with Gasteiger partial charge in [-0.1, -0.05) is 30.3 Å². The van der Waals surface area contributed by atoms with Gasteiger partial charge >= 0.3 is 0 Å². The van der Waals surface area contributed by atoms with Crippen LogP contribution >= 0.6 is 0 Å². The van der Waals surface area contributed by atoms with E-state index in [2.05, 4.69) is 5.32 Å². The topological polar surface area (TPSA) is 64.4 Å². The molecule has 0 heterocycles. The normalized spacial score (nSPS) is 11.3. The number of rotatable bonds is 8. The first-order valence-electron chi connectivity index (χ1n) is 6.66. The maximum Gasteiger partial charge on any atom is 0.226 e. The van der Waals surface area contributed by atoms with Crippen molar-refractivity contribution in [2.24, 2.45) is 11.1 Å². The quantitative estimate of drug-likeness (QED) is 0.702. The van der Waals surface area contributed by atoms with Crippen LogP contribution in [0.5, 0.6) is 0 Å². The summed E-state index contributed by atoms with van der Waals surface area (Å²) >= 11 is 0. The van der Waals surface area contributed by atoms with Crippen LogP contribution < -0.4 is 11.1 Å². The van der Waals surface area contributed by atoms with Crippen molar-refractivity contribution in [1.82, 2.24) is 5.32 Å². The van der Waals surface area contributed by atoms with Crippen LogP contribution in [0.4, 0.5) is 0 Å². The van der Waals surface area contributed by atoms with Crippen LogP contribution in [-0.4, -0.2) is 25.6 Å². The molecule has 4 heteroatoms. The van der Waals surface area contributed by atoms with Gasteiger partial charge in [-0.15, -0.1) is 0 Å². The van der Waals surface area contributed by atoms with Crippen LogP contribution in [0.2, 0.25) is 0 Å². The number of nitrogens with two attached hydrogens (primary N) is 1. The van der Waals surface area contributed by atoms with E-state index < -0.39 is 5.41 Å². The Bertz CT molecular complexity index is 377. The molecule has 1 amide bonds. The summed E-state index contributed by atoms with van der Waals surface area (Å²) in [5, 5.41) is 2.87. The standard InChI is InChI=1S/C15H24N2O2/c1-15(2,12-16)14(18)17-9-6-10-19-11-13-7-4-3-5-8-13/h3-5,7-8H,6,9-12,16H2,1-2H3,(H,17,18). The van der Waals surface area contributed by atoms with Crippen molar-refractivity contribution < 1.29 is 9.53 Å². The predicted octanol–water partition coefficient (Wildman–Crippen LogP) is 1.69. The Morgan fingerprint density at radius 3 is 2.63 bits per heavy atom. The number of benzene rings is 1. The summed E-state index contributed by atoms with van der Waals surface area (Å²) in [5.41, 5.74) is 6.21. The van der Waals surface area contributed by atoms with E-state index >= 15 is 0 Å². The van der Waals surface area contributed by atoms with Gasteiger partial charge in [0.15, 0.2) is 0 Å². The smallest absolute Gasteiger partial charge is 0.226 e. The van der Waals surface area contributed by atoms with Crippen LogP contribution in [0.25, 0.3) is 0 Å². The van der Waals surface area contributed by atoms with Crippen LogP contribution in [0.15, 0.2) is 30.3 Å². The van der Waals surface area contributed by atoms with Crippen molar-refractivity contribution >= 4 is 5.91 Å². The molecule has 0 radical (unpaired) electrons. The largest absolute Gasteiger partial charge is 0.377 e. The molecule has 1 aromatic carbocycles. The van der Waals surface area contributed by atoms with E-state index in [-0.39, 0.29) is 5.91 Å². The van der Waals surface area contributed by atoms with Crippen molar-refractivity contribution in [1.29, 1.82) is 0 Å². The average molecular weight is 264 g/mol. The number of nitrogens with one attached hydrogen (secondary N) is 1. The fraction of sp³-hybridized carbons (Fsp3) is 0.533. The third kappa shape index (κ3) is 5.85. The van der Waals surface area contributed by atoms with E-state index in [0.29, 0.717) is 26.3 Å². The predicted molar refractivity (Wildman–Crippen MR) is 76.6 cm³/mol. The summed E-state index contributed by atoms with van der Waals surface area (Å²) < 4.78 is 5.54. The number of carbonyl (C=O) groups excluding carboxylic acids is 1. The highest BCUT2D eigenvalue weighted by Gasteiger charge is 2.24. The van der Waals surface area contributed by atoms with Crippen LogP contribution in [0.1, 0.15) is 25.8 Å². The fourth-order valence-electron chi connectivity index (χ4n) is 1.47. The SMILES string of the molecule is CC(C)(CN)C(=O)NCCCOCc1ccccc1. The van der Waals surface area contributed by atoms with Gasteiger partial charge in [0.2, 0.25) is 5.91 Å². The molecule has 0 bridgehead atoms. The van der Waals surface area contributed by atoms with Gasteiger partial charge in [-0.25, -0.2) is 0 Å². The highest BCUT2D eigenvalue weighted by molar-refractivity contribution is 5.81. The number of hydrogen-bond acceptors (Lipinski definition) is 3. The Kier molecular flexibility index (Phi) is 6.53. The lowest BCUT2D eigenvalue weighted by Gasteiger charge is -2.21. The molecule has 1 aromatic rings. The van der Waals surface area contributed by atoms with Gasteiger partial charge in [0, 0.05) is 19.7 Å². The minimum atomic E-state index is -0.495. The van der Waals surface area contributed by atoms with Crippen molar-refractivity contribution in [2.75, 3.05) is 19.7 Å². The fourth-order valence-corrected chi connectivity index (χ4v) is 1.47. The molecular formula is C15H24N2O2. The minimum absolute atomic E-state index is 0.00180. The first-order valence-corrected chi connectivity index (χ1v) is 6.66. The van der Waals surface area contributed by atoms with Gasteiger partial charge in [0.1, 0.15) is 0 Å². The third-order valence-electron chi connectivity index (χ3n) is 2.99. The summed E-state index contributed by atoms with van der Waals surface area (Å²) in [6.07, 6.45) is 0.805. The summed E-state index contributed by atoms with van der Waals surface area (Å²) in [5.74, 6) is -0.00180. The number of hydrogen-bond donors (Lipinski definition) is 2. The summed E-state index contributed by atoms with van der Waals surface area (Å²) in [6, 6.07) is 10.0. The Hall–Kier alpha value is -1.39. The van der Waals surface area contributed by atoms with Crippen LogP contribution in [0.3, 0.4) is 0 Å². The molecule has 106 valence electrons. The molecule has 0 fully saturated rings. The van der Waals surface area contributed by atoms with E-state index in [4.69, 9.17) is 10.5 Å². The van der Waals surface area contributed by atoms with E-state index in [9.17, 15) is 4.79 Å². The van der Waals surface area contributed by atoms with Crippen molar-refractivity contribution in [3.05, 3.63) is 35.9 Å². The second-order valence-corrected chi connectivity index (χ2v) is 5.24. The zero-order valence-electron chi connectivity index (χ0n) is 11.8. The summed E-state index contributed by atoms with van der Waals surface area (Å²) in [6.45, 7) is 5.91. The van der Waals surface area contributed by atoms with Gasteiger partial charge in [-0.2, -0.15) is 0 Å². The molecular weight excluding hydrogens is 240 g/mol. The van der Waals surface area contributed by atoms with E-state index in [1.807, 2.05) is 44.2 Å². The average Bonchev–Trinajstić information content (AvgIpc) is 2.43. The van der Waals surface area contributed by atoms with E-state index in [1.54, 1.807) is 0 Å². The second-order valence-electron chi connectivity index (χ2n) is 5.24. The van der Waals surface area contributed by atoms with Gasteiger partial charge in [-0.05, 0) is 25.8 Å². The molecule has 0 unspecified atom stereocenters. The minimum Gasteiger partial charge on any atom is -0.377 e. The number of ether oxygens (including phenoxy) is 1. The number of amides is 1. The van der Waals surface area contributed by atoms with Crippen LogP contribution in [-0.2, 0) is 16.1 Å². The zero-order chi connectivity index (χ0) is 14.1. The Balaban J connectivity index is 2.07. The Labute approximate surface area is 115 Å². The molecule has 1 rings (SSSR count). The molecule has 0 aliphatic rings. The molecule has 0 aromatic heterocycles. The lowest BCUT2D eigenvalue weighted by atomic mass is 9.93. The van der Waals surface area contributed by atoms with Gasteiger partial charge < -0.3 is 15.8 Å². The van der Waals surface area contributed by atoms with Gasteiger partial charge in [0.25, 0.3) is 0 Å². The highest BCUT2D eigenvalue weighted by Crippen LogP contribution is 2.11. The van der Waals surface area contributed by atoms with Gasteiger partial charge in [0.05, 0.1) is 12.0 Å².